The molecule has 0 bridgehead atoms. The van der Waals surface area contributed by atoms with Crippen LogP contribution in [0.25, 0.3) is 11.4 Å². The minimum Gasteiger partial charge on any atom is -0.399 e. The second-order valence-electron chi connectivity index (χ2n) is 5.44. The summed E-state index contributed by atoms with van der Waals surface area (Å²) < 4.78 is 7.37. The third kappa shape index (κ3) is 3.49. The van der Waals surface area contributed by atoms with Crippen molar-refractivity contribution in [3.8, 4) is 11.4 Å². The molecular formula is C14H20N6O. The van der Waals surface area contributed by atoms with Gasteiger partial charge in [0.05, 0.1) is 0 Å². The van der Waals surface area contributed by atoms with E-state index < -0.39 is 0 Å². The lowest BCUT2D eigenvalue weighted by molar-refractivity contribution is 0.118. The standard InChI is InChI=1S/C14H20N6O/c15-11-4-5-12(13(16)8-11)14-17-18-19-20(14)6-1-7-21-9-10-2-3-10/h4-5,8,10H,1-3,6-7,9,15-16H2. The smallest absolute Gasteiger partial charge is 0.184 e. The van der Waals surface area contributed by atoms with Gasteiger partial charge in [0.25, 0.3) is 0 Å². The van der Waals surface area contributed by atoms with Gasteiger partial charge in [-0.05, 0) is 53.8 Å². The molecule has 112 valence electrons. The first-order chi connectivity index (χ1) is 10.2. The third-order valence-electron chi connectivity index (χ3n) is 3.56. The molecule has 1 aliphatic rings. The van der Waals surface area contributed by atoms with E-state index in [9.17, 15) is 0 Å². The Morgan fingerprint density at radius 2 is 2.14 bits per heavy atom. The largest absolute Gasteiger partial charge is 0.399 e. The summed E-state index contributed by atoms with van der Waals surface area (Å²) in [7, 11) is 0. The fourth-order valence-corrected chi connectivity index (χ4v) is 2.18. The van der Waals surface area contributed by atoms with Gasteiger partial charge in [0, 0.05) is 36.7 Å². The highest BCUT2D eigenvalue weighted by Crippen LogP contribution is 2.29. The van der Waals surface area contributed by atoms with E-state index in [0.717, 1.165) is 31.1 Å². The average molecular weight is 288 g/mol. The minimum absolute atomic E-state index is 0.580. The molecule has 0 atom stereocenters. The van der Waals surface area contributed by atoms with E-state index in [4.69, 9.17) is 16.2 Å². The summed E-state index contributed by atoms with van der Waals surface area (Å²) in [6.45, 7) is 2.32. The van der Waals surface area contributed by atoms with E-state index in [1.165, 1.54) is 12.8 Å². The summed E-state index contributed by atoms with van der Waals surface area (Å²) in [4.78, 5) is 0. The first-order valence-corrected chi connectivity index (χ1v) is 7.23. The zero-order valence-corrected chi connectivity index (χ0v) is 11.9. The quantitative estimate of drug-likeness (QED) is 0.588. The second-order valence-corrected chi connectivity index (χ2v) is 5.44. The van der Waals surface area contributed by atoms with E-state index in [2.05, 4.69) is 15.5 Å². The molecule has 3 rings (SSSR count). The molecule has 1 aromatic carbocycles. The van der Waals surface area contributed by atoms with Crippen molar-refractivity contribution in [2.75, 3.05) is 24.7 Å². The maximum absolute atomic E-state index is 5.98. The lowest BCUT2D eigenvalue weighted by atomic mass is 10.1. The summed E-state index contributed by atoms with van der Waals surface area (Å²) in [6, 6.07) is 5.35. The number of aromatic nitrogens is 4. The summed E-state index contributed by atoms with van der Waals surface area (Å²) >= 11 is 0. The van der Waals surface area contributed by atoms with Crippen molar-refractivity contribution in [3.05, 3.63) is 18.2 Å². The summed E-state index contributed by atoms with van der Waals surface area (Å²) in [5.74, 6) is 1.46. The van der Waals surface area contributed by atoms with Crippen LogP contribution in [0.15, 0.2) is 18.2 Å². The topological polar surface area (TPSA) is 105 Å². The molecule has 7 nitrogen and oxygen atoms in total. The van der Waals surface area contributed by atoms with Gasteiger partial charge in [-0.15, -0.1) is 5.10 Å². The van der Waals surface area contributed by atoms with Crippen molar-refractivity contribution < 1.29 is 4.74 Å². The van der Waals surface area contributed by atoms with Crippen LogP contribution in [0, 0.1) is 5.92 Å². The van der Waals surface area contributed by atoms with Crippen molar-refractivity contribution >= 4 is 11.4 Å². The molecule has 21 heavy (non-hydrogen) atoms. The predicted octanol–water partition coefficient (Wildman–Crippen LogP) is 1.32. The molecule has 7 heteroatoms. The first-order valence-electron chi connectivity index (χ1n) is 7.23. The van der Waals surface area contributed by atoms with Gasteiger partial charge in [-0.2, -0.15) is 0 Å². The van der Waals surface area contributed by atoms with Gasteiger partial charge >= 0.3 is 0 Å². The maximum atomic E-state index is 5.98. The number of ether oxygens (including phenoxy) is 1. The van der Waals surface area contributed by atoms with Gasteiger partial charge in [0.1, 0.15) is 0 Å². The molecule has 0 aliphatic heterocycles. The molecule has 1 saturated carbocycles. The maximum Gasteiger partial charge on any atom is 0.184 e. The van der Waals surface area contributed by atoms with Crippen molar-refractivity contribution in [2.45, 2.75) is 25.8 Å². The molecular weight excluding hydrogens is 268 g/mol. The van der Waals surface area contributed by atoms with Crippen molar-refractivity contribution in [3.63, 3.8) is 0 Å². The van der Waals surface area contributed by atoms with Crippen LogP contribution in [0.4, 0.5) is 11.4 Å². The average Bonchev–Trinajstić information content (AvgIpc) is 3.17. The molecule has 1 fully saturated rings. The Hall–Kier alpha value is -2.15. The lowest BCUT2D eigenvalue weighted by Crippen LogP contribution is -2.08. The number of rotatable bonds is 7. The Kier molecular flexibility index (Phi) is 4.01. The highest BCUT2D eigenvalue weighted by molar-refractivity contribution is 5.74. The molecule has 1 aliphatic carbocycles. The Morgan fingerprint density at radius 1 is 1.29 bits per heavy atom. The first kappa shape index (κ1) is 13.8. The summed E-state index contributed by atoms with van der Waals surface area (Å²) in [6.07, 6.45) is 3.50. The van der Waals surface area contributed by atoms with Gasteiger partial charge < -0.3 is 16.2 Å². The fraction of sp³-hybridized carbons (Fsp3) is 0.500. The van der Waals surface area contributed by atoms with Crippen LogP contribution in [0.2, 0.25) is 0 Å². The molecule has 0 spiro atoms. The van der Waals surface area contributed by atoms with Gasteiger partial charge in [0.2, 0.25) is 0 Å². The summed E-state index contributed by atoms with van der Waals surface area (Å²) in [5.41, 5.74) is 13.7. The van der Waals surface area contributed by atoms with Crippen LogP contribution < -0.4 is 11.5 Å². The van der Waals surface area contributed by atoms with E-state index in [-0.39, 0.29) is 0 Å². The number of aryl methyl sites for hydroxylation is 1. The van der Waals surface area contributed by atoms with Crippen molar-refractivity contribution in [1.82, 2.24) is 20.2 Å². The highest BCUT2D eigenvalue weighted by Gasteiger charge is 2.20. The predicted molar refractivity (Wildman–Crippen MR) is 80.2 cm³/mol. The summed E-state index contributed by atoms with van der Waals surface area (Å²) in [5, 5.41) is 11.8. The van der Waals surface area contributed by atoms with Crippen LogP contribution in [0.3, 0.4) is 0 Å². The van der Waals surface area contributed by atoms with Crippen molar-refractivity contribution in [1.29, 1.82) is 0 Å². The van der Waals surface area contributed by atoms with Gasteiger partial charge in [-0.3, -0.25) is 0 Å². The Balaban J connectivity index is 1.60. The Bertz CT molecular complexity index is 607. The number of hydrogen-bond acceptors (Lipinski definition) is 6. The molecule has 1 heterocycles. The number of nitrogens with two attached hydrogens (primary N) is 2. The van der Waals surface area contributed by atoms with Crippen LogP contribution in [-0.2, 0) is 11.3 Å². The molecule has 0 radical (unpaired) electrons. The van der Waals surface area contributed by atoms with Gasteiger partial charge in [-0.1, -0.05) is 0 Å². The number of nitrogens with zero attached hydrogens (tertiary/aromatic N) is 4. The number of benzene rings is 1. The normalized spacial score (nSPS) is 14.5. The fourth-order valence-electron chi connectivity index (χ4n) is 2.18. The zero-order chi connectivity index (χ0) is 14.7. The van der Waals surface area contributed by atoms with E-state index in [1.54, 1.807) is 16.8 Å². The highest BCUT2D eigenvalue weighted by atomic mass is 16.5. The molecule has 4 N–H and O–H groups in total. The number of tetrazole rings is 1. The molecule has 2 aromatic rings. The van der Waals surface area contributed by atoms with Crippen LogP contribution >= 0.6 is 0 Å². The Labute approximate surface area is 123 Å². The van der Waals surface area contributed by atoms with Crippen LogP contribution in [0.5, 0.6) is 0 Å². The monoisotopic (exact) mass is 288 g/mol. The minimum atomic E-state index is 0.580. The molecule has 1 aromatic heterocycles. The van der Waals surface area contributed by atoms with Crippen molar-refractivity contribution in [2.24, 2.45) is 5.92 Å². The zero-order valence-electron chi connectivity index (χ0n) is 11.9. The van der Waals surface area contributed by atoms with Crippen LogP contribution in [-0.4, -0.2) is 33.4 Å². The van der Waals surface area contributed by atoms with E-state index in [0.29, 0.717) is 23.7 Å². The molecule has 0 unspecified atom stereocenters. The Morgan fingerprint density at radius 3 is 2.90 bits per heavy atom. The SMILES string of the molecule is Nc1ccc(-c2nnnn2CCCOCC2CC2)c(N)c1. The van der Waals surface area contributed by atoms with Gasteiger partial charge in [-0.25, -0.2) is 4.68 Å². The molecule has 0 saturated heterocycles. The number of anilines is 2. The van der Waals surface area contributed by atoms with E-state index in [1.807, 2.05) is 6.07 Å². The molecule has 0 amide bonds. The second kappa shape index (κ2) is 6.09. The number of nitrogen functional groups attached to an aromatic ring is 2. The third-order valence-corrected chi connectivity index (χ3v) is 3.56. The van der Waals surface area contributed by atoms with E-state index >= 15 is 0 Å². The number of hydrogen-bond donors (Lipinski definition) is 2. The van der Waals surface area contributed by atoms with Crippen LogP contribution in [0.1, 0.15) is 19.3 Å². The lowest BCUT2D eigenvalue weighted by Gasteiger charge is -2.08. The van der Waals surface area contributed by atoms with Gasteiger partial charge in [0.15, 0.2) is 5.82 Å².